The van der Waals surface area contributed by atoms with Gasteiger partial charge in [0.25, 0.3) is 0 Å². The van der Waals surface area contributed by atoms with Crippen LogP contribution in [0.5, 0.6) is 17.2 Å². The zero-order chi connectivity index (χ0) is 21.0. The number of nitrogens with zero attached hydrogens (tertiary/aromatic N) is 1. The van der Waals surface area contributed by atoms with E-state index in [1.165, 1.54) is 12.1 Å². The Morgan fingerprint density at radius 3 is 2.57 bits per heavy atom. The molecule has 28 heavy (non-hydrogen) atoms. The predicted molar refractivity (Wildman–Crippen MR) is 106 cm³/mol. The molecule has 0 aliphatic rings. The molecule has 6 nitrogen and oxygen atoms in total. The summed E-state index contributed by atoms with van der Waals surface area (Å²) in [5.41, 5.74) is 0.631. The Kier molecular flexibility index (Phi) is 7.32. The van der Waals surface area contributed by atoms with E-state index in [1.54, 1.807) is 6.07 Å². The first kappa shape index (κ1) is 22.0. The number of aromatic hydroxyl groups is 1. The van der Waals surface area contributed by atoms with Crippen LogP contribution in [0.2, 0.25) is 10.0 Å². The summed E-state index contributed by atoms with van der Waals surface area (Å²) in [6.45, 7) is 5.61. The summed E-state index contributed by atoms with van der Waals surface area (Å²) in [6, 6.07) is 3.53. The zero-order valence-electron chi connectivity index (χ0n) is 15.6. The normalized spacial score (nSPS) is 12.1. The number of ether oxygens (including phenoxy) is 1. The Balaban J connectivity index is 2.43. The molecule has 0 spiro atoms. The van der Waals surface area contributed by atoms with Gasteiger partial charge in [-0.05, 0) is 30.5 Å². The van der Waals surface area contributed by atoms with E-state index in [0.717, 1.165) is 0 Å². The Hall–Kier alpha value is -2.25. The molecule has 0 saturated heterocycles. The Morgan fingerprint density at radius 1 is 1.32 bits per heavy atom. The number of benzene rings is 1. The van der Waals surface area contributed by atoms with Crippen molar-refractivity contribution in [3.63, 3.8) is 0 Å². The van der Waals surface area contributed by atoms with Crippen LogP contribution in [-0.2, 0) is 4.79 Å². The Labute approximate surface area is 172 Å². The lowest BCUT2D eigenvalue weighted by molar-refractivity contribution is -0.138. The van der Waals surface area contributed by atoms with E-state index < -0.39 is 23.0 Å². The van der Waals surface area contributed by atoms with Crippen LogP contribution in [0.4, 0.5) is 10.2 Å². The van der Waals surface area contributed by atoms with Gasteiger partial charge in [0.2, 0.25) is 5.95 Å². The number of carboxylic acid groups (broad SMARTS) is 1. The second-order valence-electron chi connectivity index (χ2n) is 6.51. The first-order valence-electron chi connectivity index (χ1n) is 8.70. The average molecular weight is 431 g/mol. The van der Waals surface area contributed by atoms with E-state index in [1.807, 2.05) is 20.8 Å². The second-order valence-corrected chi connectivity index (χ2v) is 7.27. The molecular formula is C19H21Cl2FN2O4. The fourth-order valence-corrected chi connectivity index (χ4v) is 3.02. The molecule has 2 aromatic rings. The first-order chi connectivity index (χ1) is 13.1. The highest BCUT2D eigenvalue weighted by Gasteiger charge is 2.24. The van der Waals surface area contributed by atoms with Crippen LogP contribution in [0.15, 0.2) is 18.2 Å². The van der Waals surface area contributed by atoms with Crippen LogP contribution in [-0.4, -0.2) is 27.2 Å². The zero-order valence-corrected chi connectivity index (χ0v) is 17.1. The van der Waals surface area contributed by atoms with E-state index in [0.29, 0.717) is 18.4 Å². The molecule has 0 fully saturated rings. The minimum absolute atomic E-state index is 0.0197. The van der Waals surface area contributed by atoms with E-state index in [4.69, 9.17) is 27.9 Å². The van der Waals surface area contributed by atoms with Gasteiger partial charge in [0.15, 0.2) is 11.6 Å². The highest BCUT2D eigenvalue weighted by Crippen LogP contribution is 2.42. The SMILES string of the molecule is CCCC(Nc1nc(F)c(Cl)c(Oc2ccc(O)c(C(C)C)c2)c1Cl)C(=O)O. The molecule has 152 valence electrons. The minimum atomic E-state index is -1.11. The molecule has 0 amide bonds. The van der Waals surface area contributed by atoms with Crippen molar-refractivity contribution >= 4 is 35.0 Å². The number of anilines is 1. The van der Waals surface area contributed by atoms with Crippen molar-refractivity contribution in [2.24, 2.45) is 0 Å². The third kappa shape index (κ3) is 4.97. The summed E-state index contributed by atoms with van der Waals surface area (Å²) in [5.74, 6) is -2.13. The molecule has 0 aliphatic carbocycles. The molecule has 1 aromatic heterocycles. The summed E-state index contributed by atoms with van der Waals surface area (Å²) in [6.07, 6.45) is 0.885. The van der Waals surface area contributed by atoms with Gasteiger partial charge in [-0.25, -0.2) is 4.79 Å². The third-order valence-electron chi connectivity index (χ3n) is 4.03. The smallest absolute Gasteiger partial charge is 0.326 e. The van der Waals surface area contributed by atoms with Crippen LogP contribution >= 0.6 is 23.2 Å². The summed E-state index contributed by atoms with van der Waals surface area (Å²) >= 11 is 12.2. The molecule has 1 aromatic carbocycles. The van der Waals surface area contributed by atoms with E-state index in [2.05, 4.69) is 10.3 Å². The highest BCUT2D eigenvalue weighted by molar-refractivity contribution is 6.38. The van der Waals surface area contributed by atoms with E-state index in [9.17, 15) is 19.4 Å². The van der Waals surface area contributed by atoms with Crippen LogP contribution in [0, 0.1) is 5.95 Å². The molecule has 0 aliphatic heterocycles. The van der Waals surface area contributed by atoms with Crippen LogP contribution in [0.25, 0.3) is 0 Å². The van der Waals surface area contributed by atoms with Crippen molar-refractivity contribution in [2.75, 3.05) is 5.32 Å². The highest BCUT2D eigenvalue weighted by atomic mass is 35.5. The van der Waals surface area contributed by atoms with Gasteiger partial charge in [-0.15, -0.1) is 0 Å². The standard InChI is InChI=1S/C19H21Cl2FN2O4/c1-4-5-12(19(26)27)23-18-15(21)16(14(20)17(22)24-18)28-10-6-7-13(25)11(8-10)9(2)3/h6-9,12,25H,4-5H2,1-3H3,(H,23,24)(H,26,27). The number of aliphatic carboxylic acids is 1. The minimum Gasteiger partial charge on any atom is -0.508 e. The van der Waals surface area contributed by atoms with Crippen molar-refractivity contribution in [1.29, 1.82) is 0 Å². The maximum absolute atomic E-state index is 14.2. The monoisotopic (exact) mass is 430 g/mol. The fraction of sp³-hybridized carbons (Fsp3) is 0.368. The first-order valence-corrected chi connectivity index (χ1v) is 9.45. The predicted octanol–water partition coefficient (Wildman–Crippen LogP) is 5.81. The maximum Gasteiger partial charge on any atom is 0.326 e. The molecule has 0 saturated carbocycles. The summed E-state index contributed by atoms with van der Waals surface area (Å²) in [5, 5.41) is 21.3. The van der Waals surface area contributed by atoms with Crippen molar-refractivity contribution in [2.45, 2.75) is 45.6 Å². The van der Waals surface area contributed by atoms with Gasteiger partial charge in [-0.3, -0.25) is 0 Å². The fourth-order valence-electron chi connectivity index (χ4n) is 2.57. The molecule has 1 unspecified atom stereocenters. The van der Waals surface area contributed by atoms with Crippen molar-refractivity contribution in [3.8, 4) is 17.2 Å². The molecule has 9 heteroatoms. The number of hydrogen-bond donors (Lipinski definition) is 3. The van der Waals surface area contributed by atoms with Crippen LogP contribution in [0.1, 0.15) is 45.1 Å². The number of hydrogen-bond acceptors (Lipinski definition) is 5. The van der Waals surface area contributed by atoms with E-state index in [-0.39, 0.29) is 34.0 Å². The summed E-state index contributed by atoms with van der Waals surface area (Å²) < 4.78 is 19.9. The second kappa shape index (κ2) is 9.30. The number of carboxylic acids is 1. The number of phenols is 1. The van der Waals surface area contributed by atoms with Gasteiger partial charge in [-0.1, -0.05) is 50.4 Å². The van der Waals surface area contributed by atoms with Gasteiger partial charge in [0, 0.05) is 5.56 Å². The van der Waals surface area contributed by atoms with Crippen LogP contribution in [0.3, 0.4) is 0 Å². The van der Waals surface area contributed by atoms with Gasteiger partial charge in [0.05, 0.1) is 0 Å². The molecule has 1 heterocycles. The van der Waals surface area contributed by atoms with Gasteiger partial charge >= 0.3 is 5.97 Å². The maximum atomic E-state index is 14.2. The lowest BCUT2D eigenvalue weighted by Crippen LogP contribution is -2.29. The lowest BCUT2D eigenvalue weighted by atomic mass is 10.0. The number of rotatable bonds is 8. The van der Waals surface area contributed by atoms with Crippen molar-refractivity contribution in [1.82, 2.24) is 4.98 Å². The lowest BCUT2D eigenvalue weighted by Gasteiger charge is -2.18. The van der Waals surface area contributed by atoms with Gasteiger partial charge < -0.3 is 20.3 Å². The molecule has 0 bridgehead atoms. The van der Waals surface area contributed by atoms with Gasteiger partial charge in [-0.2, -0.15) is 9.37 Å². The van der Waals surface area contributed by atoms with Gasteiger partial charge in [0.1, 0.15) is 27.6 Å². The third-order valence-corrected chi connectivity index (χ3v) is 4.70. The number of carbonyl (C=O) groups is 1. The summed E-state index contributed by atoms with van der Waals surface area (Å²) in [7, 11) is 0. The van der Waals surface area contributed by atoms with Crippen molar-refractivity contribution in [3.05, 3.63) is 39.8 Å². The molecular weight excluding hydrogens is 410 g/mol. The molecule has 0 radical (unpaired) electrons. The Morgan fingerprint density at radius 2 is 2.00 bits per heavy atom. The van der Waals surface area contributed by atoms with E-state index >= 15 is 0 Å². The topological polar surface area (TPSA) is 91.7 Å². The Bertz CT molecular complexity index is 877. The number of pyridine rings is 1. The van der Waals surface area contributed by atoms with Crippen molar-refractivity contribution < 1.29 is 24.1 Å². The number of phenolic OH excluding ortho intramolecular Hbond substituents is 1. The molecule has 1 atom stereocenters. The van der Waals surface area contributed by atoms with Crippen LogP contribution < -0.4 is 10.1 Å². The number of aromatic nitrogens is 1. The quantitative estimate of drug-likeness (QED) is 0.457. The molecule has 3 N–H and O–H groups in total. The molecule has 2 rings (SSSR count). The number of halogens is 3. The average Bonchev–Trinajstić information content (AvgIpc) is 2.63. The largest absolute Gasteiger partial charge is 0.508 e. The summed E-state index contributed by atoms with van der Waals surface area (Å²) in [4.78, 5) is 15.0. The number of nitrogens with one attached hydrogen (secondary N) is 1.